The highest BCUT2D eigenvalue weighted by Gasteiger charge is 2.42. The van der Waals surface area contributed by atoms with Crippen LogP contribution in [0.1, 0.15) is 48.0 Å². The molecule has 0 saturated carbocycles. The number of rotatable bonds is 9. The van der Waals surface area contributed by atoms with E-state index in [4.69, 9.17) is 4.43 Å². The third-order valence-corrected chi connectivity index (χ3v) is 11.0. The van der Waals surface area contributed by atoms with Gasteiger partial charge in [-0.25, -0.2) is 0 Å². The van der Waals surface area contributed by atoms with Crippen LogP contribution in [0.25, 0.3) is 0 Å². The van der Waals surface area contributed by atoms with Crippen LogP contribution in [0.3, 0.4) is 0 Å². The van der Waals surface area contributed by atoms with Crippen molar-refractivity contribution in [3.05, 3.63) is 42.0 Å². The minimum absolute atomic E-state index is 0.0856. The minimum Gasteiger partial charge on any atom is -0.413 e. The van der Waals surface area contributed by atoms with Crippen LogP contribution in [0.4, 0.5) is 0 Å². The Morgan fingerprint density at radius 1 is 1.15 bits per heavy atom. The van der Waals surface area contributed by atoms with Gasteiger partial charge in [0.1, 0.15) is 6.29 Å². The summed E-state index contributed by atoms with van der Waals surface area (Å²) in [7, 11) is -1.93. The SMILES string of the molecule is C/C(=C\C[C@H](O[Si](C)(C)C(C)(C)C)C(C)(C)C=O)CSc1ccccc1. The van der Waals surface area contributed by atoms with Crippen LogP contribution in [0.5, 0.6) is 0 Å². The van der Waals surface area contributed by atoms with Gasteiger partial charge in [-0.2, -0.15) is 0 Å². The van der Waals surface area contributed by atoms with E-state index in [0.29, 0.717) is 0 Å². The monoisotopic (exact) mass is 392 g/mol. The maximum absolute atomic E-state index is 11.7. The van der Waals surface area contributed by atoms with E-state index in [2.05, 4.69) is 71.1 Å². The van der Waals surface area contributed by atoms with E-state index in [1.54, 1.807) is 0 Å². The Kier molecular flexibility index (Phi) is 8.37. The lowest BCUT2D eigenvalue weighted by atomic mass is 9.86. The van der Waals surface area contributed by atoms with Gasteiger partial charge in [0.25, 0.3) is 0 Å². The van der Waals surface area contributed by atoms with Crippen LogP contribution >= 0.6 is 11.8 Å². The molecule has 0 bridgehead atoms. The largest absolute Gasteiger partial charge is 0.413 e. The van der Waals surface area contributed by atoms with Crippen LogP contribution in [0, 0.1) is 5.41 Å². The Morgan fingerprint density at radius 3 is 2.23 bits per heavy atom. The van der Waals surface area contributed by atoms with Gasteiger partial charge >= 0.3 is 0 Å². The van der Waals surface area contributed by atoms with Gasteiger partial charge in [-0.15, -0.1) is 11.8 Å². The highest BCUT2D eigenvalue weighted by atomic mass is 32.2. The zero-order chi connectivity index (χ0) is 20.0. The lowest BCUT2D eigenvalue weighted by Gasteiger charge is -2.42. The van der Waals surface area contributed by atoms with Crippen LogP contribution in [0.2, 0.25) is 18.1 Å². The molecule has 0 aliphatic heterocycles. The molecule has 0 aliphatic rings. The van der Waals surface area contributed by atoms with Crippen molar-refractivity contribution in [1.29, 1.82) is 0 Å². The summed E-state index contributed by atoms with van der Waals surface area (Å²) < 4.78 is 6.63. The molecule has 1 aromatic rings. The van der Waals surface area contributed by atoms with Gasteiger partial charge in [0, 0.05) is 16.1 Å². The minimum atomic E-state index is -1.93. The summed E-state index contributed by atoms with van der Waals surface area (Å²) in [4.78, 5) is 12.9. The zero-order valence-corrected chi connectivity index (χ0v) is 19.6. The van der Waals surface area contributed by atoms with E-state index in [9.17, 15) is 4.79 Å². The number of carbonyl (C=O) groups is 1. The molecule has 0 aliphatic carbocycles. The molecule has 0 heterocycles. The summed E-state index contributed by atoms with van der Waals surface area (Å²) in [6, 6.07) is 10.4. The third-order valence-electron chi connectivity index (χ3n) is 5.27. The van der Waals surface area contributed by atoms with E-state index in [0.717, 1.165) is 18.5 Å². The molecule has 0 saturated heterocycles. The molecular weight excluding hydrogens is 356 g/mol. The van der Waals surface area contributed by atoms with Crippen LogP contribution in [0.15, 0.2) is 46.9 Å². The quantitative estimate of drug-likeness (QED) is 0.202. The normalized spacial score (nSPS) is 15.0. The van der Waals surface area contributed by atoms with Crippen LogP contribution in [-0.4, -0.2) is 26.5 Å². The molecule has 1 rings (SSSR count). The molecule has 0 aromatic heterocycles. The second kappa shape index (κ2) is 9.38. The summed E-state index contributed by atoms with van der Waals surface area (Å²) in [6.07, 6.45) is 3.99. The molecule has 0 spiro atoms. The fourth-order valence-corrected chi connectivity index (χ4v) is 4.52. The Balaban J connectivity index is 2.81. The predicted molar refractivity (Wildman–Crippen MR) is 117 cm³/mol. The number of hydrogen-bond acceptors (Lipinski definition) is 3. The van der Waals surface area contributed by atoms with Gasteiger partial charge in [0.05, 0.1) is 6.10 Å². The molecule has 0 N–H and O–H groups in total. The number of aldehydes is 1. The number of benzene rings is 1. The van der Waals surface area contributed by atoms with Crippen molar-refractivity contribution in [2.24, 2.45) is 5.41 Å². The van der Waals surface area contributed by atoms with E-state index in [1.165, 1.54) is 10.5 Å². The van der Waals surface area contributed by atoms with Crippen molar-refractivity contribution >= 4 is 26.4 Å². The topological polar surface area (TPSA) is 26.3 Å². The molecule has 26 heavy (non-hydrogen) atoms. The van der Waals surface area contributed by atoms with E-state index in [-0.39, 0.29) is 11.1 Å². The first-order valence-corrected chi connectivity index (χ1v) is 13.3. The fourth-order valence-electron chi connectivity index (χ4n) is 2.19. The number of hydrogen-bond donors (Lipinski definition) is 0. The Morgan fingerprint density at radius 2 is 1.73 bits per heavy atom. The third kappa shape index (κ3) is 7.05. The molecule has 146 valence electrons. The molecule has 2 nitrogen and oxygen atoms in total. The molecule has 1 atom stereocenters. The predicted octanol–water partition coefficient (Wildman–Crippen LogP) is 6.73. The first kappa shape index (κ1) is 23.2. The van der Waals surface area contributed by atoms with Gasteiger partial charge in [0.2, 0.25) is 0 Å². The summed E-state index contributed by atoms with van der Waals surface area (Å²) in [5, 5.41) is 0.131. The van der Waals surface area contributed by atoms with Crippen molar-refractivity contribution in [2.45, 2.75) is 77.1 Å². The summed E-state index contributed by atoms with van der Waals surface area (Å²) >= 11 is 1.84. The van der Waals surface area contributed by atoms with Gasteiger partial charge in [-0.1, -0.05) is 64.5 Å². The van der Waals surface area contributed by atoms with E-state index < -0.39 is 13.7 Å². The van der Waals surface area contributed by atoms with Crippen molar-refractivity contribution in [3.63, 3.8) is 0 Å². The maximum Gasteiger partial charge on any atom is 0.192 e. The van der Waals surface area contributed by atoms with Crippen molar-refractivity contribution < 1.29 is 9.22 Å². The molecule has 0 radical (unpaired) electrons. The van der Waals surface area contributed by atoms with E-state index in [1.807, 2.05) is 31.7 Å². The molecule has 0 amide bonds. The highest BCUT2D eigenvalue weighted by Crippen LogP contribution is 2.40. The standard InChI is InChI=1S/C22H36O2SSi/c1-18(16-25-19-12-10-9-11-13-19)14-15-20(22(5,6)17-23)24-26(7,8)21(2,3)4/h9-14,17,20H,15-16H2,1-8H3/b18-14+/t20-/m0/s1. The molecular formula is C22H36O2SSi. The summed E-state index contributed by atoms with van der Waals surface area (Å²) in [5.41, 5.74) is 0.836. The van der Waals surface area contributed by atoms with Crippen molar-refractivity contribution in [2.75, 3.05) is 5.75 Å². The molecule has 1 aromatic carbocycles. The van der Waals surface area contributed by atoms with Crippen molar-refractivity contribution in [3.8, 4) is 0 Å². The first-order valence-electron chi connectivity index (χ1n) is 9.37. The van der Waals surface area contributed by atoms with Crippen LogP contribution in [-0.2, 0) is 9.22 Å². The molecule has 0 unspecified atom stereocenters. The van der Waals surface area contributed by atoms with E-state index >= 15 is 0 Å². The Hall–Kier alpha value is -0.843. The number of carbonyl (C=O) groups excluding carboxylic acids is 1. The van der Waals surface area contributed by atoms with Gasteiger partial charge in [-0.05, 0) is 43.6 Å². The van der Waals surface area contributed by atoms with Crippen LogP contribution < -0.4 is 0 Å². The molecule has 4 heteroatoms. The Labute approximate surface area is 165 Å². The maximum atomic E-state index is 11.7. The first-order chi connectivity index (χ1) is 11.9. The van der Waals surface area contributed by atoms with Gasteiger partial charge in [-0.3, -0.25) is 0 Å². The lowest BCUT2D eigenvalue weighted by Crippen LogP contribution is -2.48. The average Bonchev–Trinajstić information content (AvgIpc) is 2.56. The molecule has 0 fully saturated rings. The Bertz CT molecular complexity index is 600. The van der Waals surface area contributed by atoms with Gasteiger partial charge in [0.15, 0.2) is 8.32 Å². The average molecular weight is 393 g/mol. The smallest absolute Gasteiger partial charge is 0.192 e. The number of thioether (sulfide) groups is 1. The van der Waals surface area contributed by atoms with Crippen molar-refractivity contribution in [1.82, 2.24) is 0 Å². The summed E-state index contributed by atoms with van der Waals surface area (Å²) in [5.74, 6) is 0.957. The zero-order valence-electron chi connectivity index (χ0n) is 17.8. The van der Waals surface area contributed by atoms with Gasteiger partial charge < -0.3 is 9.22 Å². The second-order valence-corrected chi connectivity index (χ2v) is 15.0. The second-order valence-electron chi connectivity index (χ2n) is 9.19. The summed E-state index contributed by atoms with van der Waals surface area (Å²) in [6.45, 7) is 17.4. The lowest BCUT2D eigenvalue weighted by molar-refractivity contribution is -0.119. The highest BCUT2D eigenvalue weighted by molar-refractivity contribution is 7.99. The fraction of sp³-hybridized carbons (Fsp3) is 0.591.